The van der Waals surface area contributed by atoms with E-state index in [2.05, 4.69) is 0 Å². The molecule has 1 aliphatic rings. The van der Waals surface area contributed by atoms with Crippen molar-refractivity contribution in [1.82, 2.24) is 4.90 Å². The van der Waals surface area contributed by atoms with Crippen LogP contribution in [0.1, 0.15) is 28.5 Å². The van der Waals surface area contributed by atoms with E-state index in [4.69, 9.17) is 4.74 Å². The Kier molecular flexibility index (Phi) is 5.98. The standard InChI is InChI=1S/C19H23NO4S2/c1-24-16-7-4-15(5-8-16)6-9-19(21)20-11-10-18(17-3-2-13-25-17)26(22,23)14-12-20/h2-5,7-8,13,18H,6,9-12,14H2,1H3. The molecule has 0 aliphatic carbocycles. The number of benzene rings is 1. The molecular formula is C19H23NO4S2. The van der Waals surface area contributed by atoms with E-state index in [0.29, 0.717) is 25.8 Å². The Balaban J connectivity index is 1.60. The first kappa shape index (κ1) is 18.9. The van der Waals surface area contributed by atoms with Crippen LogP contribution in [0, 0.1) is 0 Å². The van der Waals surface area contributed by atoms with Gasteiger partial charge in [0.2, 0.25) is 5.91 Å². The van der Waals surface area contributed by atoms with Crippen LogP contribution in [0.5, 0.6) is 5.75 Å². The highest BCUT2D eigenvalue weighted by atomic mass is 32.2. The van der Waals surface area contributed by atoms with Crippen molar-refractivity contribution in [2.75, 3.05) is 26.0 Å². The van der Waals surface area contributed by atoms with Gasteiger partial charge in [-0.15, -0.1) is 11.3 Å². The fourth-order valence-electron chi connectivity index (χ4n) is 3.19. The normalized spacial score (nSPS) is 19.7. The van der Waals surface area contributed by atoms with Crippen molar-refractivity contribution in [3.63, 3.8) is 0 Å². The van der Waals surface area contributed by atoms with E-state index in [1.807, 2.05) is 41.8 Å². The number of ether oxygens (including phenoxy) is 1. The Morgan fingerprint density at radius 3 is 2.65 bits per heavy atom. The van der Waals surface area contributed by atoms with Crippen LogP contribution in [0.15, 0.2) is 41.8 Å². The van der Waals surface area contributed by atoms with E-state index in [9.17, 15) is 13.2 Å². The zero-order chi connectivity index (χ0) is 18.6. The molecule has 1 aliphatic heterocycles. The molecule has 2 aromatic rings. The molecule has 2 heterocycles. The number of nitrogens with zero attached hydrogens (tertiary/aromatic N) is 1. The summed E-state index contributed by atoms with van der Waals surface area (Å²) >= 11 is 1.47. The van der Waals surface area contributed by atoms with E-state index >= 15 is 0 Å². The van der Waals surface area contributed by atoms with Crippen LogP contribution in [0.2, 0.25) is 0 Å². The second kappa shape index (κ2) is 8.22. The lowest BCUT2D eigenvalue weighted by atomic mass is 10.1. The van der Waals surface area contributed by atoms with Crippen molar-refractivity contribution < 1.29 is 17.9 Å². The molecule has 0 spiro atoms. The third-order valence-electron chi connectivity index (χ3n) is 4.74. The zero-order valence-corrected chi connectivity index (χ0v) is 16.4. The highest BCUT2D eigenvalue weighted by Gasteiger charge is 2.33. The minimum absolute atomic E-state index is 0.0165. The number of methoxy groups -OCH3 is 1. The van der Waals surface area contributed by atoms with Gasteiger partial charge in [0.25, 0.3) is 0 Å². The topological polar surface area (TPSA) is 63.7 Å². The summed E-state index contributed by atoms with van der Waals surface area (Å²) in [6, 6.07) is 11.4. The van der Waals surface area contributed by atoms with Gasteiger partial charge in [-0.2, -0.15) is 0 Å². The van der Waals surface area contributed by atoms with Crippen molar-refractivity contribution >= 4 is 27.1 Å². The van der Waals surface area contributed by atoms with Gasteiger partial charge in [0.05, 0.1) is 18.1 Å². The van der Waals surface area contributed by atoms with Crippen LogP contribution >= 0.6 is 11.3 Å². The molecule has 0 saturated carbocycles. The van der Waals surface area contributed by atoms with Crippen molar-refractivity contribution in [1.29, 1.82) is 0 Å². The summed E-state index contributed by atoms with van der Waals surface area (Å²) in [7, 11) is -1.60. The second-order valence-corrected chi connectivity index (χ2v) is 9.67. The summed E-state index contributed by atoms with van der Waals surface area (Å²) in [5.74, 6) is 0.837. The minimum atomic E-state index is -3.22. The molecule has 1 unspecified atom stereocenters. The smallest absolute Gasteiger partial charge is 0.222 e. The number of hydrogen-bond donors (Lipinski definition) is 0. The average molecular weight is 394 g/mol. The van der Waals surface area contributed by atoms with Gasteiger partial charge in [0.15, 0.2) is 9.84 Å². The van der Waals surface area contributed by atoms with Crippen LogP contribution in [0.3, 0.4) is 0 Å². The Morgan fingerprint density at radius 1 is 1.23 bits per heavy atom. The molecule has 1 saturated heterocycles. The fraction of sp³-hybridized carbons (Fsp3) is 0.421. The third kappa shape index (κ3) is 4.45. The molecule has 26 heavy (non-hydrogen) atoms. The summed E-state index contributed by atoms with van der Waals surface area (Å²) in [6.07, 6.45) is 1.49. The van der Waals surface area contributed by atoms with E-state index < -0.39 is 15.1 Å². The summed E-state index contributed by atoms with van der Waals surface area (Å²) in [6.45, 7) is 0.773. The molecule has 1 aromatic heterocycles. The van der Waals surface area contributed by atoms with Crippen LogP contribution in [0.25, 0.3) is 0 Å². The maximum absolute atomic E-state index is 12.6. The summed E-state index contributed by atoms with van der Waals surface area (Å²) in [5, 5.41) is 1.41. The van der Waals surface area contributed by atoms with Crippen LogP contribution in [-0.2, 0) is 21.1 Å². The Bertz CT molecular complexity index is 829. The number of hydrogen-bond acceptors (Lipinski definition) is 5. The Hall–Kier alpha value is -1.86. The monoisotopic (exact) mass is 393 g/mol. The number of sulfone groups is 1. The van der Waals surface area contributed by atoms with Gasteiger partial charge in [-0.3, -0.25) is 4.79 Å². The van der Waals surface area contributed by atoms with Crippen LogP contribution in [-0.4, -0.2) is 45.2 Å². The van der Waals surface area contributed by atoms with Gasteiger partial charge in [0.1, 0.15) is 5.75 Å². The molecule has 0 bridgehead atoms. The van der Waals surface area contributed by atoms with Gasteiger partial charge in [-0.25, -0.2) is 8.42 Å². The fourth-order valence-corrected chi connectivity index (χ4v) is 6.19. The lowest BCUT2D eigenvalue weighted by Crippen LogP contribution is -2.33. The first-order valence-corrected chi connectivity index (χ1v) is 11.2. The molecule has 0 N–H and O–H groups in total. The van der Waals surface area contributed by atoms with E-state index in [1.165, 1.54) is 11.3 Å². The first-order chi connectivity index (χ1) is 12.5. The number of amides is 1. The van der Waals surface area contributed by atoms with Crippen LogP contribution in [0.4, 0.5) is 0 Å². The zero-order valence-electron chi connectivity index (χ0n) is 14.8. The van der Waals surface area contributed by atoms with E-state index in [-0.39, 0.29) is 18.2 Å². The molecule has 0 radical (unpaired) electrons. The molecule has 7 heteroatoms. The third-order valence-corrected chi connectivity index (χ3v) is 7.98. The summed E-state index contributed by atoms with van der Waals surface area (Å²) < 4.78 is 30.3. The number of carbonyl (C=O) groups excluding carboxylic acids is 1. The highest BCUT2D eigenvalue weighted by Crippen LogP contribution is 2.32. The van der Waals surface area contributed by atoms with Gasteiger partial charge < -0.3 is 9.64 Å². The molecule has 1 aromatic carbocycles. The SMILES string of the molecule is COc1ccc(CCC(=O)N2CCC(c3cccs3)S(=O)(=O)CC2)cc1. The van der Waals surface area contributed by atoms with E-state index in [0.717, 1.165) is 16.2 Å². The number of aryl methyl sites for hydroxylation is 1. The molecule has 1 atom stereocenters. The average Bonchev–Trinajstić information content (AvgIpc) is 3.11. The Labute approximate surface area is 158 Å². The lowest BCUT2D eigenvalue weighted by molar-refractivity contribution is -0.130. The minimum Gasteiger partial charge on any atom is -0.497 e. The summed E-state index contributed by atoms with van der Waals surface area (Å²) in [4.78, 5) is 15.1. The number of rotatable bonds is 5. The van der Waals surface area contributed by atoms with Gasteiger partial charge >= 0.3 is 0 Å². The van der Waals surface area contributed by atoms with Crippen LogP contribution < -0.4 is 4.74 Å². The van der Waals surface area contributed by atoms with Gasteiger partial charge in [0, 0.05) is 24.4 Å². The first-order valence-electron chi connectivity index (χ1n) is 8.65. The molecule has 5 nitrogen and oxygen atoms in total. The molecule has 140 valence electrons. The predicted molar refractivity (Wildman–Crippen MR) is 103 cm³/mol. The summed E-state index contributed by atoms with van der Waals surface area (Å²) in [5.41, 5.74) is 1.07. The molecule has 3 rings (SSSR count). The second-order valence-electron chi connectivity index (χ2n) is 6.39. The molecule has 1 fully saturated rings. The predicted octanol–water partition coefficient (Wildman–Crippen LogP) is 3.08. The molecule has 1 amide bonds. The van der Waals surface area contributed by atoms with Crippen molar-refractivity contribution in [2.45, 2.75) is 24.5 Å². The van der Waals surface area contributed by atoms with Crippen molar-refractivity contribution in [3.8, 4) is 5.75 Å². The van der Waals surface area contributed by atoms with Gasteiger partial charge in [-0.05, 0) is 42.0 Å². The lowest BCUT2D eigenvalue weighted by Gasteiger charge is -2.20. The number of carbonyl (C=O) groups is 1. The van der Waals surface area contributed by atoms with Gasteiger partial charge in [-0.1, -0.05) is 18.2 Å². The largest absolute Gasteiger partial charge is 0.497 e. The quantitative estimate of drug-likeness (QED) is 0.783. The maximum atomic E-state index is 12.6. The highest BCUT2D eigenvalue weighted by molar-refractivity contribution is 7.91. The number of thiophene rings is 1. The van der Waals surface area contributed by atoms with E-state index in [1.54, 1.807) is 12.0 Å². The molecular weight excluding hydrogens is 370 g/mol. The van der Waals surface area contributed by atoms with Crippen molar-refractivity contribution in [3.05, 3.63) is 52.2 Å². The maximum Gasteiger partial charge on any atom is 0.222 e. The Morgan fingerprint density at radius 2 is 2.00 bits per heavy atom. The van der Waals surface area contributed by atoms with Crippen molar-refractivity contribution in [2.24, 2.45) is 0 Å².